The first-order chi connectivity index (χ1) is 18.8. The van der Waals surface area contributed by atoms with Crippen molar-refractivity contribution in [1.82, 2.24) is 9.47 Å². The summed E-state index contributed by atoms with van der Waals surface area (Å²) in [7, 11) is 3.10. The number of likely N-dealkylation sites (N-methyl/N-ethyl adjacent to an activating group) is 1. The smallest absolute Gasteiger partial charge is 0.271 e. The van der Waals surface area contributed by atoms with Crippen LogP contribution >= 0.6 is 22.9 Å². The molecule has 0 saturated heterocycles. The average Bonchev–Trinajstić information content (AvgIpc) is 3.22. The summed E-state index contributed by atoms with van der Waals surface area (Å²) >= 11 is 7.71. The van der Waals surface area contributed by atoms with Crippen molar-refractivity contribution >= 4 is 34.9 Å². The standard InChI is InChI=1S/C29H32ClN3O5S/c1-7-32(8-2)28(35)24-17(4)31-29-33(25(24)19-12-10-11-13-21(19)36-5)27(34)23(39-29)16-18-14-20(30)26(37-6)22(15-18)38-9-3/h10-16,25H,7-9H2,1-6H3/b23-16+/t25-/m0/s1. The lowest BCUT2D eigenvalue weighted by Gasteiger charge is -2.29. The zero-order chi connectivity index (χ0) is 28.3. The quantitative estimate of drug-likeness (QED) is 0.386. The van der Waals surface area contributed by atoms with E-state index in [1.807, 2.05) is 52.0 Å². The van der Waals surface area contributed by atoms with Gasteiger partial charge in [0.05, 0.1) is 41.7 Å². The van der Waals surface area contributed by atoms with Gasteiger partial charge in [0.15, 0.2) is 16.3 Å². The van der Waals surface area contributed by atoms with Crippen molar-refractivity contribution in [1.29, 1.82) is 0 Å². The summed E-state index contributed by atoms with van der Waals surface area (Å²) in [6.45, 7) is 9.05. The van der Waals surface area contributed by atoms with Gasteiger partial charge in [-0.05, 0) is 57.5 Å². The van der Waals surface area contributed by atoms with E-state index >= 15 is 0 Å². The second-order valence-corrected chi connectivity index (χ2v) is 10.2. The number of methoxy groups -OCH3 is 2. The lowest BCUT2D eigenvalue weighted by Crippen LogP contribution is -2.43. The van der Waals surface area contributed by atoms with Crippen LogP contribution in [0.15, 0.2) is 57.5 Å². The Morgan fingerprint density at radius 3 is 2.49 bits per heavy atom. The Labute approximate surface area is 236 Å². The topological polar surface area (TPSA) is 82.4 Å². The Hall–Kier alpha value is -3.56. The van der Waals surface area contributed by atoms with Gasteiger partial charge in [0.25, 0.3) is 11.5 Å². The number of amides is 1. The number of hydrogen-bond acceptors (Lipinski definition) is 7. The lowest BCUT2D eigenvalue weighted by atomic mass is 9.94. The van der Waals surface area contributed by atoms with Gasteiger partial charge >= 0.3 is 0 Å². The monoisotopic (exact) mass is 569 g/mol. The summed E-state index contributed by atoms with van der Waals surface area (Å²) in [5.41, 5.74) is 2.15. The van der Waals surface area contributed by atoms with E-state index < -0.39 is 6.04 Å². The molecule has 0 bridgehead atoms. The molecule has 2 aromatic carbocycles. The third kappa shape index (κ3) is 5.33. The number of ether oxygens (including phenoxy) is 3. The molecule has 1 aliphatic rings. The summed E-state index contributed by atoms with van der Waals surface area (Å²) in [6.07, 6.45) is 1.75. The predicted molar refractivity (Wildman–Crippen MR) is 154 cm³/mol. The molecule has 0 saturated carbocycles. The van der Waals surface area contributed by atoms with Crippen molar-refractivity contribution in [2.45, 2.75) is 33.7 Å². The number of rotatable bonds is 9. The van der Waals surface area contributed by atoms with Crippen LogP contribution in [-0.4, -0.2) is 49.3 Å². The molecule has 1 aliphatic heterocycles. The minimum atomic E-state index is -0.703. The van der Waals surface area contributed by atoms with Crippen LogP contribution in [0, 0.1) is 0 Å². The van der Waals surface area contributed by atoms with Gasteiger partial charge in [-0.25, -0.2) is 4.99 Å². The summed E-state index contributed by atoms with van der Waals surface area (Å²) in [6, 6.07) is 10.2. The number of carbonyl (C=O) groups excluding carboxylic acids is 1. The Balaban J connectivity index is 1.98. The van der Waals surface area contributed by atoms with Crippen molar-refractivity contribution in [3.8, 4) is 17.2 Å². The molecule has 206 valence electrons. The highest BCUT2D eigenvalue weighted by molar-refractivity contribution is 7.07. The van der Waals surface area contributed by atoms with Crippen molar-refractivity contribution in [2.24, 2.45) is 4.99 Å². The van der Waals surface area contributed by atoms with Gasteiger partial charge in [0.1, 0.15) is 11.8 Å². The Bertz CT molecular complexity index is 1600. The maximum absolute atomic E-state index is 14.0. The molecule has 0 fully saturated rings. The second-order valence-electron chi connectivity index (χ2n) is 8.77. The number of fused-ring (bicyclic) bond motifs is 1. The van der Waals surface area contributed by atoms with E-state index in [1.165, 1.54) is 18.4 Å². The summed E-state index contributed by atoms with van der Waals surface area (Å²) in [5, 5.41) is 0.373. The summed E-state index contributed by atoms with van der Waals surface area (Å²) < 4.78 is 18.8. The number of para-hydroxylation sites is 1. The molecule has 10 heteroatoms. The minimum absolute atomic E-state index is 0.158. The lowest BCUT2D eigenvalue weighted by molar-refractivity contribution is -0.127. The maximum atomic E-state index is 14.0. The van der Waals surface area contributed by atoms with Gasteiger partial charge in [0, 0.05) is 18.7 Å². The first kappa shape index (κ1) is 28.4. The number of nitrogens with zero attached hydrogens (tertiary/aromatic N) is 3. The highest BCUT2D eigenvalue weighted by Gasteiger charge is 2.35. The molecule has 1 aromatic heterocycles. The van der Waals surface area contributed by atoms with E-state index in [4.69, 9.17) is 30.8 Å². The number of aromatic nitrogens is 1. The largest absolute Gasteiger partial charge is 0.496 e. The molecule has 2 heterocycles. The van der Waals surface area contributed by atoms with Gasteiger partial charge in [-0.2, -0.15) is 0 Å². The molecule has 39 heavy (non-hydrogen) atoms. The normalized spacial score (nSPS) is 15.1. The van der Waals surface area contributed by atoms with E-state index in [1.54, 1.807) is 34.8 Å². The molecule has 8 nitrogen and oxygen atoms in total. The molecule has 0 aliphatic carbocycles. The molecular weight excluding hydrogens is 538 g/mol. The molecule has 1 atom stereocenters. The van der Waals surface area contributed by atoms with Crippen LogP contribution in [0.25, 0.3) is 6.08 Å². The van der Waals surface area contributed by atoms with E-state index in [2.05, 4.69) is 0 Å². The molecule has 4 rings (SSSR count). The second kappa shape index (κ2) is 12.1. The van der Waals surface area contributed by atoms with Crippen LogP contribution in [0.1, 0.15) is 44.9 Å². The molecule has 0 radical (unpaired) electrons. The van der Waals surface area contributed by atoms with Gasteiger partial charge in [-0.15, -0.1) is 0 Å². The fraction of sp³-hybridized carbons (Fsp3) is 0.345. The van der Waals surface area contributed by atoms with Crippen LogP contribution in [-0.2, 0) is 4.79 Å². The zero-order valence-corrected chi connectivity index (χ0v) is 24.5. The molecular formula is C29H32ClN3O5S. The minimum Gasteiger partial charge on any atom is -0.496 e. The molecule has 1 amide bonds. The Morgan fingerprint density at radius 1 is 1.13 bits per heavy atom. The summed E-state index contributed by atoms with van der Waals surface area (Å²) in [5.74, 6) is 1.35. The highest BCUT2D eigenvalue weighted by atomic mass is 35.5. The molecule has 3 aromatic rings. The van der Waals surface area contributed by atoms with Crippen molar-refractivity contribution in [3.05, 3.63) is 83.5 Å². The first-order valence-electron chi connectivity index (χ1n) is 12.7. The van der Waals surface area contributed by atoms with Gasteiger partial charge in [-0.1, -0.05) is 41.1 Å². The van der Waals surface area contributed by atoms with E-state index in [-0.39, 0.29) is 11.5 Å². The average molecular weight is 570 g/mol. The van der Waals surface area contributed by atoms with E-state index in [9.17, 15) is 9.59 Å². The van der Waals surface area contributed by atoms with Gasteiger partial charge in [0.2, 0.25) is 0 Å². The van der Waals surface area contributed by atoms with Gasteiger partial charge < -0.3 is 19.1 Å². The third-order valence-electron chi connectivity index (χ3n) is 6.57. The summed E-state index contributed by atoms with van der Waals surface area (Å²) in [4.78, 5) is 34.8. The van der Waals surface area contributed by atoms with Crippen molar-refractivity contribution < 1.29 is 19.0 Å². The van der Waals surface area contributed by atoms with Crippen LogP contribution < -0.4 is 29.1 Å². The van der Waals surface area contributed by atoms with E-state index in [0.29, 0.717) is 73.7 Å². The third-order valence-corrected chi connectivity index (χ3v) is 7.83. The zero-order valence-electron chi connectivity index (χ0n) is 22.9. The van der Waals surface area contributed by atoms with Crippen LogP contribution in [0.4, 0.5) is 0 Å². The van der Waals surface area contributed by atoms with Gasteiger partial charge in [-0.3, -0.25) is 14.2 Å². The Kier molecular flexibility index (Phi) is 8.82. The number of benzene rings is 2. The Morgan fingerprint density at radius 2 is 1.85 bits per heavy atom. The van der Waals surface area contributed by atoms with E-state index in [0.717, 1.165) is 0 Å². The number of carbonyl (C=O) groups is 1. The fourth-order valence-corrected chi connectivity index (χ4v) is 6.09. The van der Waals surface area contributed by atoms with Crippen molar-refractivity contribution in [3.63, 3.8) is 0 Å². The predicted octanol–water partition coefficient (Wildman–Crippen LogP) is 4.17. The number of hydrogen-bond donors (Lipinski definition) is 0. The molecule has 0 N–H and O–H groups in total. The first-order valence-corrected chi connectivity index (χ1v) is 13.9. The highest BCUT2D eigenvalue weighted by Crippen LogP contribution is 2.37. The fourth-order valence-electron chi connectivity index (χ4n) is 4.75. The SMILES string of the molecule is CCOc1cc(/C=c2/sc3n(c2=O)[C@@H](c2ccccc2OC)C(C(=O)N(CC)CC)=C(C)N=3)cc(Cl)c1OC. The molecule has 0 spiro atoms. The van der Waals surface area contributed by atoms with Crippen LogP contribution in [0.3, 0.4) is 0 Å². The van der Waals surface area contributed by atoms with Crippen LogP contribution in [0.5, 0.6) is 17.2 Å². The molecule has 0 unspecified atom stereocenters. The van der Waals surface area contributed by atoms with Crippen molar-refractivity contribution in [2.75, 3.05) is 33.9 Å². The number of halogens is 1. The van der Waals surface area contributed by atoms with Crippen LogP contribution in [0.2, 0.25) is 5.02 Å². The number of allylic oxidation sites excluding steroid dienone is 1. The maximum Gasteiger partial charge on any atom is 0.271 e. The number of thiazole rings is 1.